The first-order chi connectivity index (χ1) is 9.36. The summed E-state index contributed by atoms with van der Waals surface area (Å²) in [6.07, 6.45) is 14.8. The first kappa shape index (κ1) is 16.0. The summed E-state index contributed by atoms with van der Waals surface area (Å²) in [7, 11) is 0. The minimum atomic E-state index is 0.973. The van der Waals surface area contributed by atoms with E-state index in [1.807, 2.05) is 0 Å². The lowest BCUT2D eigenvalue weighted by Crippen LogP contribution is -2.06. The van der Waals surface area contributed by atoms with Crippen LogP contribution in [0.2, 0.25) is 0 Å². The molecule has 2 nitrogen and oxygen atoms in total. The van der Waals surface area contributed by atoms with E-state index in [0.717, 1.165) is 18.4 Å². The third-order valence-electron chi connectivity index (χ3n) is 3.45. The number of unbranched alkanes of at least 4 members (excludes halogenated alkanes) is 6. The Morgan fingerprint density at radius 2 is 1.47 bits per heavy atom. The Balaban J connectivity index is 2.28. The zero-order valence-corrected chi connectivity index (χ0v) is 12.8. The standard InChI is InChI=1S/C17H30N2/c1-3-5-7-9-13-18-17-11-15-19(16-12-17)14-10-8-6-4-2/h11-12,15-16H,3-10,13-14H2,1-2H3. The Labute approximate surface area is 118 Å². The fraction of sp³-hybridized carbons (Fsp3) is 0.706. The molecule has 0 aromatic carbocycles. The molecule has 1 heterocycles. The second kappa shape index (κ2) is 10.8. The van der Waals surface area contributed by atoms with Crippen LogP contribution in [0, 0.1) is 0 Å². The summed E-state index contributed by atoms with van der Waals surface area (Å²) >= 11 is 0. The number of aryl methyl sites for hydroxylation is 1. The van der Waals surface area contributed by atoms with Gasteiger partial charge in [0, 0.05) is 25.5 Å². The molecule has 1 aromatic heterocycles. The predicted molar refractivity (Wildman–Crippen MR) is 83.1 cm³/mol. The Morgan fingerprint density at radius 3 is 2.11 bits per heavy atom. The van der Waals surface area contributed by atoms with E-state index < -0.39 is 0 Å². The normalized spacial score (nSPS) is 10.6. The molecule has 0 saturated carbocycles. The largest absolute Gasteiger partial charge is 0.354 e. The van der Waals surface area contributed by atoms with Crippen LogP contribution in [-0.2, 0) is 6.54 Å². The summed E-state index contributed by atoms with van der Waals surface area (Å²) in [6.45, 7) is 6.61. The van der Waals surface area contributed by atoms with Gasteiger partial charge in [0.2, 0.25) is 0 Å². The lowest BCUT2D eigenvalue weighted by atomic mass is 10.2. The molecule has 0 amide bonds. The van der Waals surface area contributed by atoms with Crippen molar-refractivity contribution in [1.29, 1.82) is 0 Å². The molecule has 0 N–H and O–H groups in total. The van der Waals surface area contributed by atoms with E-state index in [1.165, 1.54) is 51.4 Å². The molecule has 0 radical (unpaired) electrons. The minimum Gasteiger partial charge on any atom is -0.354 e. The quantitative estimate of drug-likeness (QED) is 0.550. The van der Waals surface area contributed by atoms with Crippen LogP contribution in [0.15, 0.2) is 29.5 Å². The molecule has 1 aromatic rings. The van der Waals surface area contributed by atoms with Crippen LogP contribution in [0.5, 0.6) is 0 Å². The molecule has 0 bridgehead atoms. The molecule has 19 heavy (non-hydrogen) atoms. The number of rotatable bonds is 10. The van der Waals surface area contributed by atoms with Gasteiger partial charge in [0.1, 0.15) is 0 Å². The highest BCUT2D eigenvalue weighted by molar-refractivity contribution is 4.93. The van der Waals surface area contributed by atoms with Gasteiger partial charge in [-0.05, 0) is 25.0 Å². The van der Waals surface area contributed by atoms with Crippen molar-refractivity contribution in [2.75, 3.05) is 6.54 Å². The molecular formula is C17H30N2. The monoisotopic (exact) mass is 262 g/mol. The molecule has 0 aliphatic carbocycles. The summed E-state index contributed by atoms with van der Waals surface area (Å²) in [5.41, 5.74) is 0. The van der Waals surface area contributed by atoms with Crippen molar-refractivity contribution >= 4 is 0 Å². The number of pyridine rings is 1. The van der Waals surface area contributed by atoms with Gasteiger partial charge in [-0.3, -0.25) is 4.99 Å². The highest BCUT2D eigenvalue weighted by Crippen LogP contribution is 2.01. The zero-order valence-electron chi connectivity index (χ0n) is 12.8. The molecule has 0 atom stereocenters. The van der Waals surface area contributed by atoms with Gasteiger partial charge in [-0.25, -0.2) is 0 Å². The van der Waals surface area contributed by atoms with Crippen molar-refractivity contribution in [2.45, 2.75) is 71.8 Å². The van der Waals surface area contributed by atoms with Crippen molar-refractivity contribution in [3.63, 3.8) is 0 Å². The lowest BCUT2D eigenvalue weighted by molar-refractivity contribution is 0.579. The van der Waals surface area contributed by atoms with Crippen molar-refractivity contribution < 1.29 is 0 Å². The second-order valence-electron chi connectivity index (χ2n) is 5.30. The topological polar surface area (TPSA) is 17.3 Å². The fourth-order valence-corrected chi connectivity index (χ4v) is 2.17. The van der Waals surface area contributed by atoms with E-state index in [2.05, 4.69) is 47.9 Å². The maximum absolute atomic E-state index is 4.62. The zero-order chi connectivity index (χ0) is 13.8. The summed E-state index contributed by atoms with van der Waals surface area (Å²) in [4.78, 5) is 4.62. The summed E-state index contributed by atoms with van der Waals surface area (Å²) in [5.74, 6) is 0. The average molecular weight is 262 g/mol. The molecule has 0 fully saturated rings. The van der Waals surface area contributed by atoms with Gasteiger partial charge >= 0.3 is 0 Å². The van der Waals surface area contributed by atoms with E-state index in [9.17, 15) is 0 Å². The molecular weight excluding hydrogens is 232 g/mol. The number of hydrogen-bond donors (Lipinski definition) is 0. The predicted octanol–water partition coefficient (Wildman–Crippen LogP) is 4.55. The summed E-state index contributed by atoms with van der Waals surface area (Å²) in [5, 5.41) is 1.13. The van der Waals surface area contributed by atoms with E-state index in [-0.39, 0.29) is 0 Å². The maximum atomic E-state index is 4.62. The molecule has 2 heteroatoms. The second-order valence-corrected chi connectivity index (χ2v) is 5.30. The van der Waals surface area contributed by atoms with Crippen molar-refractivity contribution in [2.24, 2.45) is 4.99 Å². The van der Waals surface area contributed by atoms with Gasteiger partial charge in [-0.2, -0.15) is 0 Å². The van der Waals surface area contributed by atoms with Crippen LogP contribution in [0.4, 0.5) is 0 Å². The first-order valence-electron chi connectivity index (χ1n) is 8.03. The molecule has 108 valence electrons. The van der Waals surface area contributed by atoms with Crippen LogP contribution in [0.25, 0.3) is 0 Å². The molecule has 1 rings (SSSR count). The lowest BCUT2D eigenvalue weighted by Gasteiger charge is -2.05. The van der Waals surface area contributed by atoms with Gasteiger partial charge < -0.3 is 4.57 Å². The average Bonchev–Trinajstić information content (AvgIpc) is 2.45. The molecule has 0 aliphatic heterocycles. The van der Waals surface area contributed by atoms with Crippen molar-refractivity contribution in [3.8, 4) is 0 Å². The van der Waals surface area contributed by atoms with Crippen LogP contribution >= 0.6 is 0 Å². The smallest absolute Gasteiger partial charge is 0.0603 e. The van der Waals surface area contributed by atoms with Gasteiger partial charge in [0.15, 0.2) is 0 Å². The summed E-state index contributed by atoms with van der Waals surface area (Å²) < 4.78 is 2.27. The molecule has 0 spiro atoms. The third kappa shape index (κ3) is 7.86. The van der Waals surface area contributed by atoms with E-state index in [4.69, 9.17) is 0 Å². The Morgan fingerprint density at radius 1 is 0.842 bits per heavy atom. The highest BCUT2D eigenvalue weighted by Gasteiger charge is 1.90. The van der Waals surface area contributed by atoms with Gasteiger partial charge in [-0.1, -0.05) is 52.4 Å². The van der Waals surface area contributed by atoms with Gasteiger partial charge in [-0.15, -0.1) is 0 Å². The maximum Gasteiger partial charge on any atom is 0.0603 e. The Kier molecular flexibility index (Phi) is 9.13. The Hall–Kier alpha value is -1.05. The van der Waals surface area contributed by atoms with Gasteiger partial charge in [0.05, 0.1) is 5.36 Å². The minimum absolute atomic E-state index is 0.973. The van der Waals surface area contributed by atoms with Gasteiger partial charge in [0.25, 0.3) is 0 Å². The van der Waals surface area contributed by atoms with Crippen LogP contribution in [0.3, 0.4) is 0 Å². The van der Waals surface area contributed by atoms with Crippen LogP contribution in [0.1, 0.15) is 65.2 Å². The van der Waals surface area contributed by atoms with Crippen molar-refractivity contribution in [1.82, 2.24) is 4.57 Å². The first-order valence-corrected chi connectivity index (χ1v) is 8.03. The third-order valence-corrected chi connectivity index (χ3v) is 3.45. The van der Waals surface area contributed by atoms with Crippen LogP contribution in [-0.4, -0.2) is 11.1 Å². The molecule has 0 aliphatic rings. The number of aromatic nitrogens is 1. The summed E-state index contributed by atoms with van der Waals surface area (Å²) in [6, 6.07) is 4.28. The van der Waals surface area contributed by atoms with Crippen LogP contribution < -0.4 is 5.36 Å². The van der Waals surface area contributed by atoms with Crippen molar-refractivity contribution in [3.05, 3.63) is 29.9 Å². The van der Waals surface area contributed by atoms with E-state index >= 15 is 0 Å². The number of hydrogen-bond acceptors (Lipinski definition) is 1. The molecule has 0 unspecified atom stereocenters. The number of nitrogens with zero attached hydrogens (tertiary/aromatic N) is 2. The Bertz CT molecular complexity index is 359. The fourth-order valence-electron chi connectivity index (χ4n) is 2.17. The molecule has 0 saturated heterocycles. The van der Waals surface area contributed by atoms with E-state index in [0.29, 0.717) is 0 Å². The SMILES string of the molecule is CCCCCCN=c1ccn(CCCCCC)cc1. The van der Waals surface area contributed by atoms with E-state index in [1.54, 1.807) is 0 Å². The highest BCUT2D eigenvalue weighted by atomic mass is 14.9.